The summed E-state index contributed by atoms with van der Waals surface area (Å²) in [5.74, 6) is 1.75. The third kappa shape index (κ3) is 3.61. The van der Waals surface area contributed by atoms with Crippen LogP contribution in [0.15, 0.2) is 91.5 Å². The van der Waals surface area contributed by atoms with E-state index >= 15 is 0 Å². The molecule has 8 heteroatoms. The second kappa shape index (κ2) is 7.88. The highest BCUT2D eigenvalue weighted by Gasteiger charge is 2.19. The maximum atomic E-state index is 6.13. The predicted octanol–water partition coefficient (Wildman–Crippen LogP) is 3.39. The number of nitrogens with one attached hydrogen (secondary N) is 1. The Morgan fingerprint density at radius 1 is 0.800 bits per heavy atom. The first-order chi connectivity index (χ1) is 14.9. The highest BCUT2D eigenvalue weighted by atomic mass is 16.5. The van der Waals surface area contributed by atoms with Gasteiger partial charge in [-0.2, -0.15) is 0 Å². The van der Waals surface area contributed by atoms with Gasteiger partial charge < -0.3 is 4.74 Å². The molecule has 0 unspecified atom stereocenters. The van der Waals surface area contributed by atoms with Crippen LogP contribution in [0.4, 0.5) is 0 Å². The normalized spacial score (nSPS) is 10.7. The van der Waals surface area contributed by atoms with Crippen molar-refractivity contribution >= 4 is 0 Å². The molecule has 0 aliphatic heterocycles. The molecular formula is C22H16N7O+. The summed E-state index contributed by atoms with van der Waals surface area (Å²) in [4.78, 5) is 14.4. The first kappa shape index (κ1) is 17.6. The number of aromatic nitrogens is 7. The zero-order chi connectivity index (χ0) is 20.2. The number of nitrogens with zero attached hydrogens (tertiary/aromatic N) is 6. The van der Waals surface area contributed by atoms with Crippen molar-refractivity contribution < 1.29 is 9.53 Å². The Balaban J connectivity index is 1.56. The molecule has 0 atom stereocenters. The maximum absolute atomic E-state index is 6.13. The molecule has 4 aromatic heterocycles. The Labute approximate surface area is 171 Å². The Bertz CT molecular complexity index is 1260. The second-order valence-corrected chi connectivity index (χ2v) is 6.35. The molecule has 0 saturated heterocycles. The predicted molar refractivity (Wildman–Crippen MR) is 109 cm³/mol. The highest BCUT2D eigenvalue weighted by Crippen LogP contribution is 2.33. The Morgan fingerprint density at radius 2 is 1.63 bits per heavy atom. The van der Waals surface area contributed by atoms with E-state index < -0.39 is 0 Å². The van der Waals surface area contributed by atoms with Crippen LogP contribution >= 0.6 is 0 Å². The van der Waals surface area contributed by atoms with Crippen molar-refractivity contribution in [1.29, 1.82) is 0 Å². The van der Waals surface area contributed by atoms with E-state index in [0.29, 0.717) is 23.0 Å². The minimum Gasteiger partial charge on any atom is -0.455 e. The summed E-state index contributed by atoms with van der Waals surface area (Å²) in [5.41, 5.74) is 3.10. The van der Waals surface area contributed by atoms with Crippen molar-refractivity contribution in [3.8, 4) is 40.0 Å². The summed E-state index contributed by atoms with van der Waals surface area (Å²) in [6, 6.07) is 20.8. The van der Waals surface area contributed by atoms with Crippen molar-refractivity contribution in [3.05, 3.63) is 91.5 Å². The molecule has 8 nitrogen and oxygen atoms in total. The van der Waals surface area contributed by atoms with E-state index in [1.807, 2.05) is 66.7 Å². The minimum atomic E-state index is 0.499. The number of tetrazole rings is 1. The molecule has 1 N–H and O–H groups in total. The summed E-state index contributed by atoms with van der Waals surface area (Å²) in [6.45, 7) is 0. The molecule has 1 aromatic carbocycles. The van der Waals surface area contributed by atoms with Gasteiger partial charge in [-0.15, -0.1) is 0 Å². The molecular weight excluding hydrogens is 378 g/mol. The lowest BCUT2D eigenvalue weighted by molar-refractivity contribution is -0.716. The molecule has 0 aliphatic carbocycles. The molecule has 5 rings (SSSR count). The van der Waals surface area contributed by atoms with Crippen LogP contribution in [0, 0.1) is 0 Å². The molecule has 0 radical (unpaired) electrons. The fourth-order valence-corrected chi connectivity index (χ4v) is 2.95. The number of rotatable bonds is 5. The molecule has 5 aromatic rings. The van der Waals surface area contributed by atoms with E-state index in [4.69, 9.17) is 4.74 Å². The van der Waals surface area contributed by atoms with Crippen molar-refractivity contribution in [2.45, 2.75) is 0 Å². The number of benzene rings is 1. The number of ether oxygens (including phenoxy) is 1. The second-order valence-electron chi connectivity index (χ2n) is 6.35. The molecule has 4 heterocycles. The van der Waals surface area contributed by atoms with Crippen LogP contribution in [0.2, 0.25) is 0 Å². The summed E-state index contributed by atoms with van der Waals surface area (Å²) >= 11 is 0. The fourth-order valence-electron chi connectivity index (χ4n) is 2.95. The highest BCUT2D eigenvalue weighted by molar-refractivity contribution is 5.69. The lowest BCUT2D eigenvalue weighted by atomic mass is 10.1. The fraction of sp³-hybridized carbons (Fsp3) is 0. The van der Waals surface area contributed by atoms with Crippen LogP contribution in [-0.2, 0) is 0 Å². The Hall–Kier alpha value is -4.46. The van der Waals surface area contributed by atoms with E-state index in [1.165, 1.54) is 0 Å². The van der Waals surface area contributed by atoms with Gasteiger partial charge in [0.2, 0.25) is 0 Å². The summed E-state index contributed by atoms with van der Waals surface area (Å²) in [7, 11) is 0. The minimum absolute atomic E-state index is 0.499. The van der Waals surface area contributed by atoms with Crippen molar-refractivity contribution in [1.82, 2.24) is 30.4 Å². The van der Waals surface area contributed by atoms with Gasteiger partial charge in [-0.3, -0.25) is 15.0 Å². The summed E-state index contributed by atoms with van der Waals surface area (Å²) in [6.07, 6.45) is 6.82. The van der Waals surface area contributed by atoms with E-state index in [9.17, 15) is 0 Å². The van der Waals surface area contributed by atoms with Crippen molar-refractivity contribution in [3.63, 3.8) is 0 Å². The third-order valence-electron chi connectivity index (χ3n) is 4.35. The number of H-pyrrole nitrogens is 1. The zero-order valence-corrected chi connectivity index (χ0v) is 15.8. The number of hydrogen-bond acceptors (Lipinski definition) is 6. The molecule has 0 saturated carbocycles. The zero-order valence-electron chi connectivity index (χ0n) is 15.8. The van der Waals surface area contributed by atoms with E-state index in [0.717, 1.165) is 16.9 Å². The van der Waals surface area contributed by atoms with Gasteiger partial charge in [0.05, 0.1) is 17.0 Å². The number of hydrogen-bond donors (Lipinski definition) is 1. The largest absolute Gasteiger partial charge is 0.455 e. The van der Waals surface area contributed by atoms with Crippen LogP contribution in [0.3, 0.4) is 0 Å². The number of aromatic amines is 1. The average molecular weight is 394 g/mol. The van der Waals surface area contributed by atoms with Crippen LogP contribution in [-0.4, -0.2) is 30.4 Å². The monoisotopic (exact) mass is 394 g/mol. The van der Waals surface area contributed by atoms with E-state index in [-0.39, 0.29) is 0 Å². The molecule has 30 heavy (non-hydrogen) atoms. The van der Waals surface area contributed by atoms with Gasteiger partial charge in [0, 0.05) is 30.2 Å². The van der Waals surface area contributed by atoms with Gasteiger partial charge in [0.15, 0.2) is 5.69 Å². The van der Waals surface area contributed by atoms with Gasteiger partial charge in [0.25, 0.3) is 0 Å². The van der Waals surface area contributed by atoms with Gasteiger partial charge >= 0.3 is 5.82 Å². The smallest absolute Gasteiger partial charge is 0.357 e. The van der Waals surface area contributed by atoms with Crippen molar-refractivity contribution in [2.24, 2.45) is 0 Å². The molecule has 0 bridgehead atoms. The topological polar surface area (TPSA) is 93.4 Å². The van der Waals surface area contributed by atoms with Crippen LogP contribution in [0.5, 0.6) is 11.5 Å². The van der Waals surface area contributed by atoms with Crippen LogP contribution in [0.1, 0.15) is 0 Å². The molecule has 0 amide bonds. The standard InChI is InChI=1S/C22H15N7O/c1-3-12-24-19(7-1)18-10-9-16(14-21(18)30-17-6-5-11-23-15-17)29-27-22(26-28-29)20-8-2-4-13-25-20/h1-15H/p+1. The van der Waals surface area contributed by atoms with Crippen LogP contribution < -0.4 is 9.53 Å². The van der Waals surface area contributed by atoms with Crippen LogP contribution in [0.25, 0.3) is 28.5 Å². The van der Waals surface area contributed by atoms with Gasteiger partial charge in [0.1, 0.15) is 17.2 Å². The maximum Gasteiger partial charge on any atom is 0.357 e. The molecule has 144 valence electrons. The first-order valence-corrected chi connectivity index (χ1v) is 9.27. The van der Waals surface area contributed by atoms with E-state index in [1.54, 1.807) is 29.6 Å². The van der Waals surface area contributed by atoms with Crippen molar-refractivity contribution in [2.75, 3.05) is 0 Å². The van der Waals surface area contributed by atoms with E-state index in [2.05, 4.69) is 30.4 Å². The third-order valence-corrected chi connectivity index (χ3v) is 4.35. The Morgan fingerprint density at radius 3 is 2.37 bits per heavy atom. The lowest BCUT2D eigenvalue weighted by Gasteiger charge is -2.11. The summed E-state index contributed by atoms with van der Waals surface area (Å²) < 4.78 is 6.13. The Kier molecular flexibility index (Phi) is 4.63. The van der Waals surface area contributed by atoms with Gasteiger partial charge in [-0.05, 0) is 63.6 Å². The van der Waals surface area contributed by atoms with Gasteiger partial charge in [-0.1, -0.05) is 12.1 Å². The van der Waals surface area contributed by atoms with Gasteiger partial charge in [-0.25, -0.2) is 0 Å². The molecule has 0 fully saturated rings. The molecule has 0 spiro atoms. The first-order valence-electron chi connectivity index (χ1n) is 9.27. The average Bonchev–Trinajstić information content (AvgIpc) is 3.31. The number of pyridine rings is 3. The molecule has 0 aliphatic rings. The quantitative estimate of drug-likeness (QED) is 0.459. The SMILES string of the molecule is c1ccc(-c2n[nH][n+](-c3ccc(-c4ccccn4)c(Oc4cccnc4)c3)n2)nc1. The lowest BCUT2D eigenvalue weighted by Crippen LogP contribution is -2.36. The summed E-state index contributed by atoms with van der Waals surface area (Å²) in [5, 5.41) is 11.7.